The summed E-state index contributed by atoms with van der Waals surface area (Å²) in [6.07, 6.45) is 3.74. The van der Waals surface area contributed by atoms with Crippen molar-refractivity contribution in [2.24, 2.45) is 0 Å². The molecule has 1 aliphatic rings. The predicted octanol–water partition coefficient (Wildman–Crippen LogP) is 2.08. The summed E-state index contributed by atoms with van der Waals surface area (Å²) in [5.74, 6) is 1.10. The molecule has 0 aromatic carbocycles. The van der Waals surface area contributed by atoms with E-state index in [-0.39, 0.29) is 17.6 Å². The van der Waals surface area contributed by atoms with Crippen molar-refractivity contribution >= 4 is 5.95 Å². The summed E-state index contributed by atoms with van der Waals surface area (Å²) >= 11 is 0. The zero-order valence-corrected chi connectivity index (χ0v) is 10.7. The van der Waals surface area contributed by atoms with Crippen molar-refractivity contribution in [2.45, 2.75) is 64.0 Å². The van der Waals surface area contributed by atoms with E-state index in [0.717, 1.165) is 25.7 Å². The number of nitrogens with zero attached hydrogens (tertiary/aromatic N) is 2. The lowest BCUT2D eigenvalue weighted by molar-refractivity contribution is 0.116. The molecule has 0 radical (unpaired) electrons. The fraction of sp³-hybridized carbons (Fsp3) is 0.833. The molecular weight excluding hydrogens is 218 g/mol. The quantitative estimate of drug-likeness (QED) is 0.826. The molecule has 1 aromatic heterocycles. The highest BCUT2D eigenvalue weighted by molar-refractivity contribution is 5.25. The molecule has 5 nitrogen and oxygen atoms in total. The van der Waals surface area contributed by atoms with E-state index in [2.05, 4.69) is 15.5 Å². The Labute approximate surface area is 102 Å². The summed E-state index contributed by atoms with van der Waals surface area (Å²) in [6.45, 7) is 6.08. The third-order valence-electron chi connectivity index (χ3n) is 3.11. The average Bonchev–Trinajstić information content (AvgIpc) is 2.69. The van der Waals surface area contributed by atoms with Crippen molar-refractivity contribution in [2.75, 3.05) is 5.32 Å². The van der Waals surface area contributed by atoms with Crippen LogP contribution >= 0.6 is 0 Å². The van der Waals surface area contributed by atoms with Gasteiger partial charge in [-0.3, -0.25) is 0 Å². The minimum atomic E-state index is -0.305. The summed E-state index contributed by atoms with van der Waals surface area (Å²) in [5.41, 5.74) is -0.141. The molecule has 96 valence electrons. The first-order valence-corrected chi connectivity index (χ1v) is 6.25. The molecule has 1 heterocycles. The van der Waals surface area contributed by atoms with Crippen LogP contribution in [0.15, 0.2) is 4.52 Å². The second-order valence-electron chi connectivity index (χ2n) is 5.78. The smallest absolute Gasteiger partial charge is 0.263 e. The maximum atomic E-state index is 9.85. The number of nitrogens with one attached hydrogen (secondary N) is 1. The van der Waals surface area contributed by atoms with Crippen LogP contribution in [0.2, 0.25) is 0 Å². The van der Waals surface area contributed by atoms with Crippen LogP contribution in [-0.2, 0) is 5.41 Å². The minimum absolute atomic E-state index is 0.0502. The van der Waals surface area contributed by atoms with Gasteiger partial charge in [0.25, 0.3) is 5.95 Å². The molecule has 2 N–H and O–H groups in total. The highest BCUT2D eigenvalue weighted by Gasteiger charge is 2.26. The van der Waals surface area contributed by atoms with Crippen LogP contribution in [0.1, 0.15) is 52.3 Å². The maximum absolute atomic E-state index is 9.85. The van der Waals surface area contributed by atoms with Gasteiger partial charge in [-0.1, -0.05) is 33.6 Å². The first-order valence-electron chi connectivity index (χ1n) is 6.25. The zero-order valence-electron chi connectivity index (χ0n) is 10.7. The fourth-order valence-electron chi connectivity index (χ4n) is 2.03. The molecule has 0 unspecified atom stereocenters. The topological polar surface area (TPSA) is 71.2 Å². The molecule has 2 rings (SSSR count). The molecule has 1 aliphatic carbocycles. The third kappa shape index (κ3) is 2.97. The lowest BCUT2D eigenvalue weighted by Gasteiger charge is -2.27. The van der Waals surface area contributed by atoms with Crippen molar-refractivity contribution < 1.29 is 9.63 Å². The number of hydrogen-bond donors (Lipinski definition) is 2. The molecule has 5 heteroatoms. The van der Waals surface area contributed by atoms with E-state index < -0.39 is 0 Å². The largest absolute Gasteiger partial charge is 0.391 e. The van der Waals surface area contributed by atoms with Gasteiger partial charge in [0, 0.05) is 5.41 Å². The van der Waals surface area contributed by atoms with Crippen molar-refractivity contribution in [3.05, 3.63) is 5.89 Å². The number of aliphatic hydroxyl groups excluding tert-OH is 1. The lowest BCUT2D eigenvalue weighted by atomic mass is 9.93. The SMILES string of the molecule is CC(C)(C)c1nc(N[C@H]2CCCC[C@@H]2O)no1. The molecule has 17 heavy (non-hydrogen) atoms. The second kappa shape index (κ2) is 4.64. The molecule has 1 saturated carbocycles. The first-order chi connectivity index (χ1) is 7.97. The van der Waals surface area contributed by atoms with Crippen LogP contribution in [0.5, 0.6) is 0 Å². The van der Waals surface area contributed by atoms with E-state index >= 15 is 0 Å². The standard InChI is InChI=1S/C12H21N3O2/c1-12(2,3)10-14-11(15-17-10)13-8-6-4-5-7-9(8)16/h8-9,16H,4-7H2,1-3H3,(H,13,15)/t8-,9-/m0/s1. The Morgan fingerprint density at radius 3 is 2.59 bits per heavy atom. The Hall–Kier alpha value is -1.10. The molecule has 0 spiro atoms. The Bertz CT molecular complexity index is 370. The summed E-state index contributed by atoms with van der Waals surface area (Å²) in [7, 11) is 0. The van der Waals surface area contributed by atoms with E-state index in [1.807, 2.05) is 20.8 Å². The highest BCUT2D eigenvalue weighted by atomic mass is 16.5. The minimum Gasteiger partial charge on any atom is -0.391 e. The highest BCUT2D eigenvalue weighted by Crippen LogP contribution is 2.24. The maximum Gasteiger partial charge on any atom is 0.263 e. The number of rotatable bonds is 2. The van der Waals surface area contributed by atoms with Gasteiger partial charge in [-0.15, -0.1) is 0 Å². The number of anilines is 1. The Morgan fingerprint density at radius 1 is 1.29 bits per heavy atom. The van der Waals surface area contributed by atoms with E-state index in [1.54, 1.807) is 0 Å². The van der Waals surface area contributed by atoms with Gasteiger partial charge >= 0.3 is 0 Å². The molecule has 2 atom stereocenters. The van der Waals surface area contributed by atoms with Crippen LogP contribution < -0.4 is 5.32 Å². The van der Waals surface area contributed by atoms with Crippen molar-refractivity contribution in [3.63, 3.8) is 0 Å². The monoisotopic (exact) mass is 239 g/mol. The van der Waals surface area contributed by atoms with Crippen molar-refractivity contribution in [3.8, 4) is 0 Å². The number of aromatic nitrogens is 2. The summed E-state index contributed by atoms with van der Waals surface area (Å²) < 4.78 is 5.20. The van der Waals surface area contributed by atoms with Crippen LogP contribution in [-0.4, -0.2) is 27.4 Å². The molecule has 0 saturated heterocycles. The Balaban J connectivity index is 2.01. The van der Waals surface area contributed by atoms with Crippen molar-refractivity contribution in [1.82, 2.24) is 10.1 Å². The number of hydrogen-bond acceptors (Lipinski definition) is 5. The van der Waals surface area contributed by atoms with Gasteiger partial charge in [-0.25, -0.2) is 0 Å². The average molecular weight is 239 g/mol. The van der Waals surface area contributed by atoms with Crippen LogP contribution in [0.3, 0.4) is 0 Å². The zero-order chi connectivity index (χ0) is 12.5. The fourth-order valence-corrected chi connectivity index (χ4v) is 2.03. The first kappa shape index (κ1) is 12.4. The van der Waals surface area contributed by atoms with Crippen LogP contribution in [0.25, 0.3) is 0 Å². The van der Waals surface area contributed by atoms with E-state index in [4.69, 9.17) is 4.52 Å². The van der Waals surface area contributed by atoms with Gasteiger partial charge in [0.05, 0.1) is 12.1 Å². The molecule has 1 aromatic rings. The van der Waals surface area contributed by atoms with Crippen molar-refractivity contribution in [1.29, 1.82) is 0 Å². The molecule has 0 aliphatic heterocycles. The van der Waals surface area contributed by atoms with Crippen LogP contribution in [0.4, 0.5) is 5.95 Å². The van der Waals surface area contributed by atoms with Gasteiger partial charge in [-0.2, -0.15) is 4.98 Å². The lowest BCUT2D eigenvalue weighted by Crippen LogP contribution is -2.36. The van der Waals surface area contributed by atoms with E-state index in [9.17, 15) is 5.11 Å². The summed E-state index contributed by atoms with van der Waals surface area (Å²) in [4.78, 5) is 4.31. The predicted molar refractivity (Wildman–Crippen MR) is 64.9 cm³/mol. The molecular formula is C12H21N3O2. The van der Waals surface area contributed by atoms with Gasteiger partial charge in [0.2, 0.25) is 5.89 Å². The van der Waals surface area contributed by atoms with Gasteiger partial charge in [-0.05, 0) is 18.0 Å². The summed E-state index contributed by atoms with van der Waals surface area (Å²) in [5, 5.41) is 16.9. The Kier molecular flexibility index (Phi) is 3.38. The molecule has 0 bridgehead atoms. The summed E-state index contributed by atoms with van der Waals surface area (Å²) in [6, 6.07) is 0.0502. The normalized spacial score (nSPS) is 25.9. The molecule has 1 fully saturated rings. The molecule has 0 amide bonds. The van der Waals surface area contributed by atoms with Gasteiger partial charge in [0.1, 0.15) is 0 Å². The van der Waals surface area contributed by atoms with Gasteiger partial charge < -0.3 is 14.9 Å². The number of aliphatic hydroxyl groups is 1. The van der Waals surface area contributed by atoms with E-state index in [1.165, 1.54) is 0 Å². The van der Waals surface area contributed by atoms with Crippen LogP contribution in [0, 0.1) is 0 Å². The van der Waals surface area contributed by atoms with E-state index in [0.29, 0.717) is 11.8 Å². The Morgan fingerprint density at radius 2 is 2.00 bits per heavy atom. The van der Waals surface area contributed by atoms with Gasteiger partial charge in [0.15, 0.2) is 0 Å². The third-order valence-corrected chi connectivity index (χ3v) is 3.11. The second-order valence-corrected chi connectivity index (χ2v) is 5.78.